The van der Waals surface area contributed by atoms with Crippen molar-refractivity contribution in [2.24, 2.45) is 0 Å². The number of benzene rings is 1. The average molecular weight is 213 g/mol. The molecule has 0 bridgehead atoms. The molecule has 3 nitrogen and oxygen atoms in total. The Morgan fingerprint density at radius 3 is 2.87 bits per heavy atom. The summed E-state index contributed by atoms with van der Waals surface area (Å²) >= 11 is 0. The van der Waals surface area contributed by atoms with Crippen molar-refractivity contribution >= 4 is 11.6 Å². The first kappa shape index (κ1) is 9.89. The van der Waals surface area contributed by atoms with E-state index < -0.39 is 6.61 Å². The number of carbonyl (C=O) groups is 1. The van der Waals surface area contributed by atoms with Crippen molar-refractivity contribution in [1.82, 2.24) is 0 Å². The lowest BCUT2D eigenvalue weighted by atomic mass is 10.0. The van der Waals surface area contributed by atoms with E-state index in [-0.39, 0.29) is 17.6 Å². The van der Waals surface area contributed by atoms with E-state index in [2.05, 4.69) is 10.1 Å². The highest BCUT2D eigenvalue weighted by molar-refractivity contribution is 6.02. The van der Waals surface area contributed by atoms with Crippen LogP contribution in [0, 0.1) is 0 Å². The van der Waals surface area contributed by atoms with Crippen molar-refractivity contribution in [3.63, 3.8) is 0 Å². The number of hydrogen-bond acceptors (Lipinski definition) is 2. The van der Waals surface area contributed by atoms with Crippen LogP contribution in [0.5, 0.6) is 5.75 Å². The SMILES string of the molecule is CC1C(=O)Nc2ccc(OC(F)F)cc21. The Bertz CT molecular complexity index is 406. The van der Waals surface area contributed by atoms with E-state index in [0.29, 0.717) is 11.3 Å². The van der Waals surface area contributed by atoms with E-state index in [4.69, 9.17) is 0 Å². The van der Waals surface area contributed by atoms with E-state index in [1.807, 2.05) is 0 Å². The van der Waals surface area contributed by atoms with Gasteiger partial charge in [0.25, 0.3) is 0 Å². The van der Waals surface area contributed by atoms with Gasteiger partial charge in [0.2, 0.25) is 5.91 Å². The van der Waals surface area contributed by atoms with Gasteiger partial charge in [-0.05, 0) is 30.7 Å². The number of amides is 1. The molecule has 0 aromatic heterocycles. The first-order chi connectivity index (χ1) is 7.08. The maximum atomic E-state index is 11.9. The number of halogens is 2. The molecule has 2 rings (SSSR count). The van der Waals surface area contributed by atoms with E-state index >= 15 is 0 Å². The molecule has 0 fully saturated rings. The molecule has 1 N–H and O–H groups in total. The van der Waals surface area contributed by atoms with Gasteiger partial charge in [-0.3, -0.25) is 4.79 Å². The fourth-order valence-corrected chi connectivity index (χ4v) is 1.57. The molecular formula is C10H9F2NO2. The summed E-state index contributed by atoms with van der Waals surface area (Å²) in [6, 6.07) is 4.43. The van der Waals surface area contributed by atoms with Crippen LogP contribution in [0.2, 0.25) is 0 Å². The third-order valence-electron chi connectivity index (χ3n) is 2.37. The third-order valence-corrected chi connectivity index (χ3v) is 2.37. The molecule has 0 radical (unpaired) electrons. The number of rotatable bonds is 2. The van der Waals surface area contributed by atoms with Gasteiger partial charge in [-0.15, -0.1) is 0 Å². The summed E-state index contributed by atoms with van der Waals surface area (Å²) in [5.41, 5.74) is 1.35. The zero-order chi connectivity index (χ0) is 11.0. The van der Waals surface area contributed by atoms with Crippen molar-refractivity contribution in [3.05, 3.63) is 23.8 Å². The van der Waals surface area contributed by atoms with Gasteiger partial charge < -0.3 is 10.1 Å². The quantitative estimate of drug-likeness (QED) is 0.818. The molecule has 0 saturated heterocycles. The normalized spacial score (nSPS) is 18.9. The van der Waals surface area contributed by atoms with Gasteiger partial charge in [0.1, 0.15) is 5.75 Å². The van der Waals surface area contributed by atoms with Crippen LogP contribution >= 0.6 is 0 Å². The minimum Gasteiger partial charge on any atom is -0.435 e. The molecule has 5 heteroatoms. The number of carbonyl (C=O) groups excluding carboxylic acids is 1. The highest BCUT2D eigenvalue weighted by Crippen LogP contribution is 2.34. The minimum absolute atomic E-state index is 0.0760. The highest BCUT2D eigenvalue weighted by atomic mass is 19.3. The van der Waals surface area contributed by atoms with Gasteiger partial charge in [0, 0.05) is 5.69 Å². The first-order valence-electron chi connectivity index (χ1n) is 4.47. The van der Waals surface area contributed by atoms with Crippen LogP contribution < -0.4 is 10.1 Å². The van der Waals surface area contributed by atoms with Crippen LogP contribution in [0.15, 0.2) is 18.2 Å². The van der Waals surface area contributed by atoms with Gasteiger partial charge in [0.15, 0.2) is 0 Å². The minimum atomic E-state index is -2.84. The zero-order valence-corrected chi connectivity index (χ0v) is 7.96. The first-order valence-corrected chi connectivity index (χ1v) is 4.47. The Morgan fingerprint density at radius 1 is 1.47 bits per heavy atom. The van der Waals surface area contributed by atoms with Gasteiger partial charge in [-0.25, -0.2) is 0 Å². The summed E-state index contributed by atoms with van der Waals surface area (Å²) in [4.78, 5) is 11.3. The second-order valence-electron chi connectivity index (χ2n) is 3.34. The third kappa shape index (κ3) is 1.77. The molecule has 1 aliphatic rings. The van der Waals surface area contributed by atoms with Gasteiger partial charge in [0.05, 0.1) is 5.92 Å². The highest BCUT2D eigenvalue weighted by Gasteiger charge is 2.26. The molecule has 1 aliphatic heterocycles. The van der Waals surface area contributed by atoms with E-state index in [1.54, 1.807) is 13.0 Å². The van der Waals surface area contributed by atoms with Crippen LogP contribution in [0.25, 0.3) is 0 Å². The predicted octanol–water partition coefficient (Wildman–Crippen LogP) is 2.34. The van der Waals surface area contributed by atoms with Gasteiger partial charge >= 0.3 is 6.61 Å². The monoisotopic (exact) mass is 213 g/mol. The molecule has 1 amide bonds. The lowest BCUT2D eigenvalue weighted by Crippen LogP contribution is -2.08. The maximum absolute atomic E-state index is 11.9. The van der Waals surface area contributed by atoms with Gasteiger partial charge in [-0.1, -0.05) is 0 Å². The van der Waals surface area contributed by atoms with Crippen molar-refractivity contribution < 1.29 is 18.3 Å². The molecule has 1 heterocycles. The molecule has 1 aromatic carbocycles. The molecule has 1 unspecified atom stereocenters. The number of hydrogen-bond donors (Lipinski definition) is 1. The van der Waals surface area contributed by atoms with Gasteiger partial charge in [-0.2, -0.15) is 8.78 Å². The summed E-state index contributed by atoms with van der Waals surface area (Å²) in [6.45, 7) is -1.13. The Labute approximate surface area is 85.0 Å². The summed E-state index contributed by atoms with van der Waals surface area (Å²) in [6.07, 6.45) is 0. The Kier molecular flexibility index (Phi) is 2.30. The number of alkyl halides is 2. The summed E-state index contributed by atoms with van der Waals surface area (Å²) in [5, 5.41) is 2.65. The fraction of sp³-hybridized carbons (Fsp3) is 0.300. The fourth-order valence-electron chi connectivity index (χ4n) is 1.57. The summed E-state index contributed by atoms with van der Waals surface area (Å²) < 4.78 is 28.1. The van der Waals surface area contributed by atoms with Crippen molar-refractivity contribution in [2.45, 2.75) is 19.5 Å². The largest absolute Gasteiger partial charge is 0.435 e. The average Bonchev–Trinajstić information content (AvgIpc) is 2.43. The lowest BCUT2D eigenvalue weighted by molar-refractivity contribution is -0.116. The van der Waals surface area contributed by atoms with Crippen LogP contribution in [-0.2, 0) is 4.79 Å². The van der Waals surface area contributed by atoms with E-state index in [0.717, 1.165) is 0 Å². The second kappa shape index (κ2) is 3.49. The van der Waals surface area contributed by atoms with Crippen LogP contribution in [-0.4, -0.2) is 12.5 Å². The molecule has 15 heavy (non-hydrogen) atoms. The smallest absolute Gasteiger partial charge is 0.387 e. The molecule has 80 valence electrons. The second-order valence-corrected chi connectivity index (χ2v) is 3.34. The topological polar surface area (TPSA) is 38.3 Å². The van der Waals surface area contributed by atoms with Crippen LogP contribution in [0.4, 0.5) is 14.5 Å². The molecule has 0 saturated carbocycles. The molecule has 1 atom stereocenters. The Morgan fingerprint density at radius 2 is 2.20 bits per heavy atom. The number of ether oxygens (including phenoxy) is 1. The number of nitrogens with one attached hydrogen (secondary N) is 1. The van der Waals surface area contributed by atoms with Crippen molar-refractivity contribution in [3.8, 4) is 5.75 Å². The Hall–Kier alpha value is -1.65. The number of fused-ring (bicyclic) bond motifs is 1. The van der Waals surface area contributed by atoms with Crippen molar-refractivity contribution in [2.75, 3.05) is 5.32 Å². The summed E-state index contributed by atoms with van der Waals surface area (Å²) in [7, 11) is 0. The molecular weight excluding hydrogens is 204 g/mol. The van der Waals surface area contributed by atoms with Crippen LogP contribution in [0.1, 0.15) is 18.4 Å². The molecule has 0 spiro atoms. The predicted molar refractivity (Wildman–Crippen MR) is 50.1 cm³/mol. The Balaban J connectivity index is 2.31. The molecule has 1 aromatic rings. The maximum Gasteiger partial charge on any atom is 0.387 e. The zero-order valence-electron chi connectivity index (χ0n) is 7.96. The van der Waals surface area contributed by atoms with E-state index in [1.165, 1.54) is 12.1 Å². The van der Waals surface area contributed by atoms with Crippen molar-refractivity contribution in [1.29, 1.82) is 0 Å². The standard InChI is InChI=1S/C10H9F2NO2/c1-5-7-4-6(15-10(11)12)2-3-8(7)13-9(5)14/h2-5,10H,1H3,(H,13,14). The van der Waals surface area contributed by atoms with E-state index in [9.17, 15) is 13.6 Å². The number of anilines is 1. The van der Waals surface area contributed by atoms with Crippen LogP contribution in [0.3, 0.4) is 0 Å². The molecule has 0 aliphatic carbocycles. The lowest BCUT2D eigenvalue weighted by Gasteiger charge is -2.06. The summed E-state index contributed by atoms with van der Waals surface area (Å²) in [5.74, 6) is -0.368.